The highest BCUT2D eigenvalue weighted by Crippen LogP contribution is 2.45. The molecule has 40 heavy (non-hydrogen) atoms. The van der Waals surface area contributed by atoms with E-state index in [1.54, 1.807) is 24.3 Å². The molecule has 1 aliphatic heterocycles. The molecule has 0 spiro atoms. The lowest BCUT2D eigenvalue weighted by Gasteiger charge is -2.37. The number of hydrogen-bond donors (Lipinski definition) is 3. The number of hydrogen-bond acceptors (Lipinski definition) is 8. The van der Waals surface area contributed by atoms with E-state index in [-0.39, 0.29) is 11.1 Å². The molecule has 9 nitrogen and oxygen atoms in total. The van der Waals surface area contributed by atoms with E-state index >= 15 is 0 Å². The van der Waals surface area contributed by atoms with Gasteiger partial charge in [-0.25, -0.2) is 9.71 Å². The molecule has 0 radical (unpaired) electrons. The zero-order valence-electron chi connectivity index (χ0n) is 23.3. The first kappa shape index (κ1) is 29.0. The van der Waals surface area contributed by atoms with E-state index < -0.39 is 27.6 Å². The van der Waals surface area contributed by atoms with Crippen LogP contribution in [0.1, 0.15) is 65.7 Å². The molecule has 1 aromatic heterocycles. The third-order valence-corrected chi connectivity index (χ3v) is 9.84. The number of pyridine rings is 1. The predicted molar refractivity (Wildman–Crippen MR) is 155 cm³/mol. The van der Waals surface area contributed by atoms with Gasteiger partial charge in [-0.2, -0.15) is 8.42 Å². The third kappa shape index (κ3) is 6.50. The van der Waals surface area contributed by atoms with Gasteiger partial charge in [0.15, 0.2) is 10.6 Å². The van der Waals surface area contributed by atoms with Crippen molar-refractivity contribution in [3.05, 3.63) is 41.4 Å². The monoisotopic (exact) mass is 590 g/mol. The number of rotatable bonds is 8. The van der Waals surface area contributed by atoms with E-state index in [0.717, 1.165) is 31.4 Å². The number of anilines is 2. The highest BCUT2D eigenvalue weighted by molar-refractivity contribution is 7.90. The molecule has 3 fully saturated rings. The molecule has 5 rings (SSSR count). The number of amides is 1. The number of halogens is 1. The normalized spacial score (nSPS) is 24.4. The smallest absolute Gasteiger partial charge is 0.281 e. The van der Waals surface area contributed by atoms with Crippen LogP contribution in [-0.2, 0) is 14.8 Å². The Kier molecular flexibility index (Phi) is 7.98. The number of aromatic nitrogens is 1. The summed E-state index contributed by atoms with van der Waals surface area (Å²) in [5, 5.41) is 13.6. The van der Waals surface area contributed by atoms with Crippen LogP contribution in [0.15, 0.2) is 41.4 Å². The highest BCUT2D eigenvalue weighted by Gasteiger charge is 2.54. The lowest BCUT2D eigenvalue weighted by atomic mass is 9.71. The summed E-state index contributed by atoms with van der Waals surface area (Å²) in [6.45, 7) is 7.84. The van der Waals surface area contributed by atoms with Crippen molar-refractivity contribution in [1.82, 2.24) is 9.71 Å². The van der Waals surface area contributed by atoms with Gasteiger partial charge in [-0.15, -0.1) is 0 Å². The maximum Gasteiger partial charge on any atom is 0.281 e. The predicted octanol–water partition coefficient (Wildman–Crippen LogP) is 4.74. The van der Waals surface area contributed by atoms with Crippen LogP contribution in [0.25, 0.3) is 0 Å². The number of aliphatic hydroxyl groups excluding tert-OH is 1. The molecule has 1 unspecified atom stereocenters. The summed E-state index contributed by atoms with van der Waals surface area (Å²) in [5.74, 6) is 0.829. The number of carbonyl (C=O) groups excluding carboxylic acids is 1. The first-order valence-electron chi connectivity index (χ1n) is 14.1. The van der Waals surface area contributed by atoms with E-state index in [1.807, 2.05) is 11.0 Å². The lowest BCUT2D eigenvalue weighted by Crippen LogP contribution is -2.43. The maximum atomic E-state index is 13.3. The van der Waals surface area contributed by atoms with Crippen molar-refractivity contribution in [2.75, 3.05) is 23.3 Å². The Morgan fingerprint density at radius 1 is 1.12 bits per heavy atom. The van der Waals surface area contributed by atoms with Gasteiger partial charge in [0.05, 0.1) is 11.8 Å². The van der Waals surface area contributed by atoms with E-state index in [2.05, 4.69) is 35.8 Å². The molecule has 218 valence electrons. The number of carbonyl (C=O) groups is 1. The van der Waals surface area contributed by atoms with Gasteiger partial charge in [-0.3, -0.25) is 4.79 Å². The Morgan fingerprint density at radius 3 is 2.48 bits per heavy atom. The van der Waals surface area contributed by atoms with Crippen molar-refractivity contribution >= 4 is 39.0 Å². The first-order chi connectivity index (χ1) is 18.8. The molecule has 0 bridgehead atoms. The lowest BCUT2D eigenvalue weighted by molar-refractivity contribution is -0.127. The van der Waals surface area contributed by atoms with Crippen LogP contribution >= 0.6 is 11.6 Å². The molecule has 11 heteroatoms. The van der Waals surface area contributed by atoms with Crippen molar-refractivity contribution in [2.24, 2.45) is 11.3 Å². The molecular formula is C29H39ClN4O5S. The van der Waals surface area contributed by atoms with Crippen LogP contribution in [-0.4, -0.2) is 55.3 Å². The van der Waals surface area contributed by atoms with Crippen LogP contribution in [0.4, 0.5) is 11.5 Å². The minimum absolute atomic E-state index is 0.258. The van der Waals surface area contributed by atoms with Crippen LogP contribution < -0.4 is 19.7 Å². The van der Waals surface area contributed by atoms with Gasteiger partial charge >= 0.3 is 0 Å². The second-order valence-electron chi connectivity index (χ2n) is 12.5. The van der Waals surface area contributed by atoms with E-state index in [4.69, 9.17) is 16.3 Å². The minimum atomic E-state index is -4.24. The molecule has 3 N–H and O–H groups in total. The van der Waals surface area contributed by atoms with Gasteiger partial charge in [-0.05, 0) is 67.7 Å². The number of sulfonamides is 1. The van der Waals surface area contributed by atoms with E-state index in [9.17, 15) is 18.3 Å². The summed E-state index contributed by atoms with van der Waals surface area (Å²) in [7, 11) is -4.24. The fraction of sp³-hybridized carbons (Fsp3) is 0.586. The minimum Gasteiger partial charge on any atom is -0.475 e. The highest BCUT2D eigenvalue weighted by atomic mass is 35.5. The molecule has 1 aromatic carbocycles. The number of β-amino-alcohol motifs (C(OH)–C–C–N with tert-alkyl or cyclic N) is 1. The number of nitrogens with zero attached hydrogens (tertiary/aromatic N) is 2. The SMILES string of the molecule is CC(C)(C)C1CCC(Nc2ccc(Cl)cc2OC2(C(=O)NS(=O)(=O)c3cccc(N4CCC(O)C4)n3)CC2)CC1. The van der Waals surface area contributed by atoms with Gasteiger partial charge < -0.3 is 20.1 Å². The van der Waals surface area contributed by atoms with Crippen LogP contribution in [0, 0.1) is 11.3 Å². The fourth-order valence-corrected chi connectivity index (χ4v) is 6.84. The Balaban J connectivity index is 1.27. The first-order valence-corrected chi connectivity index (χ1v) is 15.9. The van der Waals surface area contributed by atoms with Gasteiger partial charge in [0.1, 0.15) is 11.6 Å². The van der Waals surface area contributed by atoms with Crippen LogP contribution in [0.5, 0.6) is 5.75 Å². The topological polar surface area (TPSA) is 121 Å². The number of aliphatic hydroxyl groups is 1. The van der Waals surface area contributed by atoms with Crippen molar-refractivity contribution in [1.29, 1.82) is 0 Å². The zero-order valence-corrected chi connectivity index (χ0v) is 24.9. The molecule has 1 amide bonds. The molecule has 1 atom stereocenters. The maximum absolute atomic E-state index is 13.3. The molecular weight excluding hydrogens is 552 g/mol. The largest absolute Gasteiger partial charge is 0.475 e. The molecule has 2 heterocycles. The molecule has 2 saturated carbocycles. The van der Waals surface area contributed by atoms with E-state index in [1.165, 1.54) is 6.07 Å². The van der Waals surface area contributed by atoms with Gasteiger partial charge in [-0.1, -0.05) is 38.4 Å². The number of ether oxygens (including phenoxy) is 1. The molecule has 2 aliphatic carbocycles. The fourth-order valence-electron chi connectivity index (χ4n) is 5.67. The number of benzene rings is 1. The van der Waals surface area contributed by atoms with Crippen LogP contribution in [0.3, 0.4) is 0 Å². The van der Waals surface area contributed by atoms with Gasteiger partial charge in [0.2, 0.25) is 0 Å². The summed E-state index contributed by atoms with van der Waals surface area (Å²) in [6, 6.07) is 10.2. The molecule has 1 saturated heterocycles. The summed E-state index contributed by atoms with van der Waals surface area (Å²) < 4.78 is 34.7. The summed E-state index contributed by atoms with van der Waals surface area (Å²) in [5.41, 5.74) is -0.263. The number of nitrogens with one attached hydrogen (secondary N) is 2. The molecule has 2 aromatic rings. The van der Waals surface area contributed by atoms with Crippen LogP contribution in [0.2, 0.25) is 5.02 Å². The third-order valence-electron chi connectivity index (χ3n) is 8.38. The summed E-state index contributed by atoms with van der Waals surface area (Å²) >= 11 is 6.29. The van der Waals surface area contributed by atoms with E-state index in [0.29, 0.717) is 60.3 Å². The Hall–Kier alpha value is -2.56. The quantitative estimate of drug-likeness (QED) is 0.403. The summed E-state index contributed by atoms with van der Waals surface area (Å²) in [6.07, 6.45) is 5.25. The summed E-state index contributed by atoms with van der Waals surface area (Å²) in [4.78, 5) is 19.4. The van der Waals surface area contributed by atoms with Crippen molar-refractivity contribution in [3.8, 4) is 5.75 Å². The standard InChI is InChI=1S/C29H39ClN4O5S/c1-28(2,3)19-7-10-21(11-8-19)31-23-12-9-20(30)17-24(23)39-29(14-15-29)27(36)33-40(37,38)26-6-4-5-25(32-26)34-16-13-22(35)18-34/h4-6,9,12,17,19,21-22,31,35H,7-8,10-11,13-16,18H2,1-3H3,(H,33,36). The zero-order chi connectivity index (χ0) is 28.7. The second-order valence-corrected chi connectivity index (χ2v) is 14.5. The Labute approximate surface area is 241 Å². The Bertz CT molecular complexity index is 1350. The van der Waals surface area contributed by atoms with Gasteiger partial charge in [0, 0.05) is 43.1 Å². The second kappa shape index (κ2) is 11.0. The van der Waals surface area contributed by atoms with Crippen molar-refractivity contribution in [2.45, 2.75) is 88.5 Å². The average Bonchev–Trinajstić information content (AvgIpc) is 3.56. The van der Waals surface area contributed by atoms with Crippen molar-refractivity contribution < 1.29 is 23.1 Å². The molecule has 3 aliphatic rings. The van der Waals surface area contributed by atoms with Gasteiger partial charge in [0.25, 0.3) is 15.9 Å². The van der Waals surface area contributed by atoms with Crippen molar-refractivity contribution in [3.63, 3.8) is 0 Å². The Morgan fingerprint density at radius 2 is 1.85 bits per heavy atom. The average molecular weight is 591 g/mol.